The van der Waals surface area contributed by atoms with Crippen LogP contribution < -0.4 is 4.90 Å². The van der Waals surface area contributed by atoms with Gasteiger partial charge in [0.05, 0.1) is 25.9 Å². The van der Waals surface area contributed by atoms with Crippen molar-refractivity contribution in [2.24, 2.45) is 5.92 Å². The molecule has 0 bridgehead atoms. The first-order valence-corrected chi connectivity index (χ1v) is 17.2. The van der Waals surface area contributed by atoms with E-state index in [0.717, 1.165) is 52.8 Å². The van der Waals surface area contributed by atoms with Gasteiger partial charge in [0.2, 0.25) is 0 Å². The monoisotopic (exact) mass is 665 g/mol. The third kappa shape index (κ3) is 9.00. The third-order valence-electron chi connectivity index (χ3n) is 9.10. The Hall–Kier alpha value is -3.28. The summed E-state index contributed by atoms with van der Waals surface area (Å²) >= 11 is 1.07. The molecule has 0 radical (unpaired) electrons. The molecule has 3 heterocycles. The Morgan fingerprint density at radius 3 is 1.87 bits per heavy atom. The molecule has 4 aromatic rings. The lowest BCUT2D eigenvalue weighted by atomic mass is 9.90. The lowest BCUT2D eigenvalue weighted by molar-refractivity contribution is -0.202. The summed E-state index contributed by atoms with van der Waals surface area (Å²) in [4.78, 5) is 8.39. The summed E-state index contributed by atoms with van der Waals surface area (Å²) in [6.45, 7) is 6.33. The second kappa shape index (κ2) is 15.7. The highest BCUT2D eigenvalue weighted by molar-refractivity contribution is 7.13. The molecule has 6 nitrogen and oxygen atoms in total. The molecular formula is C37H42F3N3O3S. The van der Waals surface area contributed by atoms with Crippen molar-refractivity contribution >= 4 is 16.5 Å². The van der Waals surface area contributed by atoms with E-state index in [9.17, 15) is 13.2 Å². The van der Waals surface area contributed by atoms with E-state index in [4.69, 9.17) is 14.2 Å². The molecule has 5 atom stereocenters. The molecule has 0 unspecified atom stereocenters. The first-order chi connectivity index (χ1) is 22.8. The van der Waals surface area contributed by atoms with Crippen LogP contribution in [-0.2, 0) is 40.2 Å². The molecule has 2 saturated heterocycles. The SMILES string of the molecule is C[C@@H]1[C@@H](OCc2ccccc2)[C@H](OCc2ccccc2)[C@@H](OCc2ccccc2)CN1C[C@@H]1CCCN(c2nc(C(F)(F)F)cs2)C1. The molecule has 2 aliphatic rings. The lowest BCUT2D eigenvalue weighted by Gasteiger charge is -2.49. The lowest BCUT2D eigenvalue weighted by Crippen LogP contribution is -2.63. The average Bonchev–Trinajstić information content (AvgIpc) is 3.61. The Bertz CT molecular complexity index is 1510. The molecule has 3 aromatic carbocycles. The van der Waals surface area contributed by atoms with Gasteiger partial charge in [-0.25, -0.2) is 4.98 Å². The quantitative estimate of drug-likeness (QED) is 0.154. The minimum absolute atomic E-state index is 0.0168. The molecule has 0 spiro atoms. The average molecular weight is 666 g/mol. The summed E-state index contributed by atoms with van der Waals surface area (Å²) in [6.07, 6.45) is -3.39. The number of nitrogens with zero attached hydrogens (tertiary/aromatic N) is 3. The topological polar surface area (TPSA) is 47.1 Å². The fourth-order valence-corrected chi connectivity index (χ4v) is 7.46. The number of aromatic nitrogens is 1. The Morgan fingerprint density at radius 1 is 0.766 bits per heavy atom. The Kier molecular flexibility index (Phi) is 11.3. The molecule has 2 fully saturated rings. The van der Waals surface area contributed by atoms with Crippen LogP contribution >= 0.6 is 11.3 Å². The molecule has 1 aromatic heterocycles. The highest BCUT2D eigenvalue weighted by Gasteiger charge is 2.45. The molecule has 250 valence electrons. The summed E-state index contributed by atoms with van der Waals surface area (Å²) in [5, 5.41) is 1.56. The zero-order valence-corrected chi connectivity index (χ0v) is 27.4. The van der Waals surface area contributed by atoms with Gasteiger partial charge in [-0.3, -0.25) is 4.90 Å². The number of benzene rings is 3. The summed E-state index contributed by atoms with van der Waals surface area (Å²) in [5.74, 6) is 0.260. The molecule has 47 heavy (non-hydrogen) atoms. The van der Waals surface area contributed by atoms with Crippen LogP contribution in [0, 0.1) is 5.92 Å². The van der Waals surface area contributed by atoms with Crippen molar-refractivity contribution in [1.82, 2.24) is 9.88 Å². The fourth-order valence-electron chi connectivity index (χ4n) is 6.59. The first kappa shape index (κ1) is 33.6. The maximum Gasteiger partial charge on any atom is 0.434 e. The van der Waals surface area contributed by atoms with E-state index in [0.29, 0.717) is 44.6 Å². The van der Waals surface area contributed by atoms with E-state index in [1.807, 2.05) is 59.5 Å². The number of rotatable bonds is 12. The standard InChI is InChI=1S/C37H42F3N3O3S/c1-27-34(45-24-29-14-7-3-8-15-29)35(46-25-30-16-9-4-10-17-30)32(44-23-28-12-5-2-6-13-28)22-43(27)21-31-18-11-19-42(20-31)36-41-33(26-47-36)37(38,39)40/h2-10,12-17,26-27,31-32,34-35H,11,18-25H2,1H3/t27-,31-,32+,34-,35-/m1/s1. The first-order valence-electron chi connectivity index (χ1n) is 16.3. The number of hydrogen-bond acceptors (Lipinski definition) is 7. The number of piperidine rings is 2. The number of likely N-dealkylation sites (tertiary alicyclic amines) is 1. The molecule has 0 aliphatic carbocycles. The van der Waals surface area contributed by atoms with Crippen LogP contribution in [0.2, 0.25) is 0 Å². The molecule has 6 rings (SSSR count). The Balaban J connectivity index is 1.21. The molecule has 0 N–H and O–H groups in total. The van der Waals surface area contributed by atoms with Crippen molar-refractivity contribution in [3.05, 3.63) is 119 Å². The number of alkyl halides is 3. The number of hydrogen-bond donors (Lipinski definition) is 0. The predicted octanol–water partition coefficient (Wildman–Crippen LogP) is 7.84. The number of thiazole rings is 1. The zero-order chi connectivity index (χ0) is 32.6. The summed E-state index contributed by atoms with van der Waals surface area (Å²) < 4.78 is 60.0. The normalized spacial score (nSPS) is 24.0. The smallest absolute Gasteiger partial charge is 0.369 e. The van der Waals surface area contributed by atoms with Gasteiger partial charge in [0.15, 0.2) is 10.8 Å². The van der Waals surface area contributed by atoms with Crippen molar-refractivity contribution < 1.29 is 27.4 Å². The minimum Gasteiger partial charge on any atom is -0.369 e. The molecule has 0 saturated carbocycles. The highest BCUT2D eigenvalue weighted by atomic mass is 32.1. The maximum absolute atomic E-state index is 13.3. The van der Waals surface area contributed by atoms with E-state index in [1.54, 1.807) is 0 Å². The van der Waals surface area contributed by atoms with E-state index < -0.39 is 11.9 Å². The third-order valence-corrected chi connectivity index (χ3v) is 10.00. The van der Waals surface area contributed by atoms with Crippen molar-refractivity contribution in [3.8, 4) is 0 Å². The highest BCUT2D eigenvalue weighted by Crippen LogP contribution is 2.35. The van der Waals surface area contributed by atoms with Crippen LogP contribution in [0.1, 0.15) is 42.1 Å². The largest absolute Gasteiger partial charge is 0.434 e. The van der Waals surface area contributed by atoms with Gasteiger partial charge in [-0.05, 0) is 42.4 Å². The Labute approximate surface area is 279 Å². The van der Waals surface area contributed by atoms with Gasteiger partial charge in [-0.15, -0.1) is 11.3 Å². The maximum atomic E-state index is 13.3. The van der Waals surface area contributed by atoms with Crippen LogP contribution in [0.15, 0.2) is 96.4 Å². The van der Waals surface area contributed by atoms with Gasteiger partial charge >= 0.3 is 6.18 Å². The van der Waals surface area contributed by atoms with E-state index in [-0.39, 0.29) is 30.3 Å². The van der Waals surface area contributed by atoms with Gasteiger partial charge in [-0.1, -0.05) is 91.0 Å². The molecule has 0 amide bonds. The Morgan fingerprint density at radius 2 is 1.32 bits per heavy atom. The second-order valence-corrected chi connectivity index (χ2v) is 13.4. The number of halogens is 3. The molecule has 2 aliphatic heterocycles. The summed E-state index contributed by atoms with van der Waals surface area (Å²) in [7, 11) is 0. The minimum atomic E-state index is -4.43. The van der Waals surface area contributed by atoms with E-state index in [2.05, 4.69) is 53.2 Å². The van der Waals surface area contributed by atoms with E-state index in [1.165, 1.54) is 0 Å². The van der Waals surface area contributed by atoms with Crippen molar-refractivity contribution in [1.29, 1.82) is 0 Å². The number of ether oxygens (including phenoxy) is 3. The summed E-state index contributed by atoms with van der Waals surface area (Å²) in [6, 6.07) is 30.5. The van der Waals surface area contributed by atoms with Crippen LogP contribution in [0.5, 0.6) is 0 Å². The van der Waals surface area contributed by atoms with Gasteiger partial charge < -0.3 is 19.1 Å². The van der Waals surface area contributed by atoms with Crippen molar-refractivity contribution in [2.75, 3.05) is 31.1 Å². The van der Waals surface area contributed by atoms with Crippen molar-refractivity contribution in [3.63, 3.8) is 0 Å². The van der Waals surface area contributed by atoms with Crippen LogP contribution in [0.3, 0.4) is 0 Å². The fraction of sp³-hybridized carbons (Fsp3) is 0.432. The second-order valence-electron chi connectivity index (χ2n) is 12.5. The van der Waals surface area contributed by atoms with Crippen LogP contribution in [0.25, 0.3) is 0 Å². The number of anilines is 1. The van der Waals surface area contributed by atoms with Gasteiger partial charge in [-0.2, -0.15) is 13.2 Å². The molecular weight excluding hydrogens is 623 g/mol. The summed E-state index contributed by atoms with van der Waals surface area (Å²) in [5.41, 5.74) is 2.45. The molecule has 10 heteroatoms. The predicted molar refractivity (Wildman–Crippen MR) is 178 cm³/mol. The van der Waals surface area contributed by atoms with Gasteiger partial charge in [0.1, 0.15) is 12.2 Å². The zero-order valence-electron chi connectivity index (χ0n) is 26.6. The van der Waals surface area contributed by atoms with E-state index >= 15 is 0 Å². The van der Waals surface area contributed by atoms with Crippen LogP contribution in [0.4, 0.5) is 18.3 Å². The van der Waals surface area contributed by atoms with Gasteiger partial charge in [0.25, 0.3) is 0 Å². The van der Waals surface area contributed by atoms with Crippen molar-refractivity contribution in [2.45, 2.75) is 70.1 Å². The van der Waals surface area contributed by atoms with Gasteiger partial charge in [0, 0.05) is 37.6 Å². The van der Waals surface area contributed by atoms with Crippen LogP contribution in [-0.4, -0.2) is 60.4 Å².